The number of hydrogen-bond donors (Lipinski definition) is 1. The number of nitrogens with one attached hydrogen (secondary N) is 1. The molecule has 1 amide bonds. The highest BCUT2D eigenvalue weighted by molar-refractivity contribution is 7.94. The van der Waals surface area contributed by atoms with Crippen molar-refractivity contribution in [2.45, 2.75) is 36.9 Å². The molecule has 9 heteroatoms. The van der Waals surface area contributed by atoms with Gasteiger partial charge >= 0.3 is 5.97 Å². The quantitative estimate of drug-likeness (QED) is 0.494. The van der Waals surface area contributed by atoms with Gasteiger partial charge in [0.1, 0.15) is 0 Å². The Morgan fingerprint density at radius 1 is 1.09 bits per heavy atom. The highest BCUT2D eigenvalue weighted by atomic mass is 32.2. The number of thiophene rings is 1. The molecule has 0 spiro atoms. The Balaban J connectivity index is 1.55. The van der Waals surface area contributed by atoms with E-state index in [4.69, 9.17) is 4.74 Å². The number of rotatable bonds is 7. The first-order valence-corrected chi connectivity index (χ1v) is 13.2. The van der Waals surface area contributed by atoms with E-state index in [1.807, 2.05) is 31.2 Å². The first kappa shape index (κ1) is 24.0. The van der Waals surface area contributed by atoms with Gasteiger partial charge in [-0.2, -0.15) is 0 Å². The number of nitrogens with zero attached hydrogens (tertiary/aromatic N) is 1. The number of sulfonamides is 1. The van der Waals surface area contributed by atoms with E-state index in [1.54, 1.807) is 35.2 Å². The highest BCUT2D eigenvalue weighted by Crippen LogP contribution is 2.37. The fraction of sp³-hybridized carbons (Fsp3) is 0.280. The zero-order valence-corrected chi connectivity index (χ0v) is 20.7. The molecule has 4 rings (SSSR count). The van der Waals surface area contributed by atoms with Crippen LogP contribution in [0.4, 0.5) is 5.69 Å². The average molecular weight is 499 g/mol. The minimum Gasteiger partial charge on any atom is -0.465 e. The Hall–Kier alpha value is -3.17. The SMILES string of the molecule is COC(=O)c1c(S(=O)(=O)Nc2ccccc2)sc2c1CCN(C(=O)CCc1ccc(C)cc1)C2. The number of esters is 1. The van der Waals surface area contributed by atoms with Gasteiger partial charge in [0.25, 0.3) is 10.0 Å². The van der Waals surface area contributed by atoms with Crippen LogP contribution >= 0.6 is 11.3 Å². The Morgan fingerprint density at radius 3 is 2.47 bits per heavy atom. The smallest absolute Gasteiger partial charge is 0.340 e. The van der Waals surface area contributed by atoms with Gasteiger partial charge in [-0.15, -0.1) is 11.3 Å². The number of amides is 1. The number of carbonyl (C=O) groups is 2. The van der Waals surface area contributed by atoms with Crippen LogP contribution < -0.4 is 4.72 Å². The van der Waals surface area contributed by atoms with E-state index in [9.17, 15) is 18.0 Å². The molecule has 2 aromatic carbocycles. The first-order valence-electron chi connectivity index (χ1n) is 10.9. The maximum absolute atomic E-state index is 13.2. The number of anilines is 1. The van der Waals surface area contributed by atoms with Crippen molar-refractivity contribution in [3.05, 3.63) is 81.7 Å². The van der Waals surface area contributed by atoms with E-state index in [2.05, 4.69) is 4.72 Å². The van der Waals surface area contributed by atoms with Gasteiger partial charge in [0, 0.05) is 23.5 Å². The lowest BCUT2D eigenvalue weighted by molar-refractivity contribution is -0.132. The highest BCUT2D eigenvalue weighted by Gasteiger charge is 2.35. The number of fused-ring (bicyclic) bond motifs is 1. The predicted octanol–water partition coefficient (Wildman–Crippen LogP) is 4.16. The van der Waals surface area contributed by atoms with Gasteiger partial charge in [-0.1, -0.05) is 48.0 Å². The maximum atomic E-state index is 13.2. The standard InChI is InChI=1S/C25H26N2O5S2/c1-17-8-10-18(11-9-17)12-13-22(28)27-15-14-20-21(16-27)33-25(23(20)24(29)32-2)34(30,31)26-19-6-4-3-5-7-19/h3-11,26H,12-16H2,1-2H3. The first-order chi connectivity index (χ1) is 16.3. The molecular formula is C25H26N2O5S2. The van der Waals surface area contributed by atoms with Gasteiger partial charge in [0.15, 0.2) is 4.21 Å². The molecule has 1 aliphatic heterocycles. The summed E-state index contributed by atoms with van der Waals surface area (Å²) in [4.78, 5) is 27.9. The minimum absolute atomic E-state index is 0.00561. The van der Waals surface area contributed by atoms with Crippen LogP contribution in [0.15, 0.2) is 58.8 Å². The lowest BCUT2D eigenvalue weighted by Gasteiger charge is -2.27. The van der Waals surface area contributed by atoms with Crippen molar-refractivity contribution in [2.75, 3.05) is 18.4 Å². The molecule has 1 N–H and O–H groups in total. The summed E-state index contributed by atoms with van der Waals surface area (Å²) in [5.41, 5.74) is 3.38. The van der Waals surface area contributed by atoms with Gasteiger partial charge in [-0.05, 0) is 43.0 Å². The number of ether oxygens (including phenoxy) is 1. The van der Waals surface area contributed by atoms with Crippen LogP contribution in [0.1, 0.15) is 38.3 Å². The third kappa shape index (κ3) is 5.15. The Labute approximate surface area is 203 Å². The second-order valence-corrected chi connectivity index (χ2v) is 11.2. The summed E-state index contributed by atoms with van der Waals surface area (Å²) in [6.45, 7) is 2.72. The van der Waals surface area contributed by atoms with Crippen molar-refractivity contribution in [1.29, 1.82) is 0 Å². The number of hydrogen-bond acceptors (Lipinski definition) is 6. The number of para-hydroxylation sites is 1. The van der Waals surface area contributed by atoms with Gasteiger partial charge in [-0.3, -0.25) is 9.52 Å². The summed E-state index contributed by atoms with van der Waals surface area (Å²) in [6, 6.07) is 16.6. The molecular weight excluding hydrogens is 472 g/mol. The van der Waals surface area contributed by atoms with Crippen molar-refractivity contribution in [3.63, 3.8) is 0 Å². The lowest BCUT2D eigenvalue weighted by Crippen LogP contribution is -2.35. The molecule has 2 heterocycles. The summed E-state index contributed by atoms with van der Waals surface area (Å²) in [6.07, 6.45) is 1.41. The van der Waals surface area contributed by atoms with Crippen LogP contribution in [0.3, 0.4) is 0 Å². The number of benzene rings is 2. The number of methoxy groups -OCH3 is 1. The van der Waals surface area contributed by atoms with E-state index in [0.717, 1.165) is 16.9 Å². The molecule has 34 heavy (non-hydrogen) atoms. The molecule has 0 fully saturated rings. The Morgan fingerprint density at radius 2 is 1.79 bits per heavy atom. The van der Waals surface area contributed by atoms with Crippen molar-refractivity contribution >= 4 is 38.9 Å². The van der Waals surface area contributed by atoms with Crippen LogP contribution in [-0.2, 0) is 38.9 Å². The second kappa shape index (κ2) is 9.99. The van der Waals surface area contributed by atoms with Gasteiger partial charge in [-0.25, -0.2) is 13.2 Å². The zero-order chi connectivity index (χ0) is 24.3. The van der Waals surface area contributed by atoms with Crippen LogP contribution in [-0.4, -0.2) is 38.8 Å². The largest absolute Gasteiger partial charge is 0.465 e. The second-order valence-electron chi connectivity index (χ2n) is 8.18. The molecule has 178 valence electrons. The van der Waals surface area contributed by atoms with Gasteiger partial charge in [0.2, 0.25) is 5.91 Å². The Bertz CT molecular complexity index is 1300. The maximum Gasteiger partial charge on any atom is 0.340 e. The predicted molar refractivity (Wildman–Crippen MR) is 132 cm³/mol. The number of aryl methyl sites for hydroxylation is 2. The molecule has 0 bridgehead atoms. The van der Waals surface area contributed by atoms with Gasteiger partial charge in [0.05, 0.1) is 19.2 Å². The van der Waals surface area contributed by atoms with Crippen LogP contribution in [0.25, 0.3) is 0 Å². The fourth-order valence-corrected chi connectivity index (χ4v) is 6.92. The van der Waals surface area contributed by atoms with E-state index in [1.165, 1.54) is 12.7 Å². The average Bonchev–Trinajstić information content (AvgIpc) is 3.23. The van der Waals surface area contributed by atoms with Crippen molar-refractivity contribution in [1.82, 2.24) is 4.90 Å². The van der Waals surface area contributed by atoms with Crippen LogP contribution in [0.5, 0.6) is 0 Å². The normalized spacial score (nSPS) is 13.3. The molecule has 0 aliphatic carbocycles. The fourth-order valence-electron chi connectivity index (χ4n) is 3.96. The summed E-state index contributed by atoms with van der Waals surface area (Å²) in [5.74, 6) is -0.684. The summed E-state index contributed by atoms with van der Waals surface area (Å²) >= 11 is 1.02. The molecule has 3 aromatic rings. The third-order valence-corrected chi connectivity index (χ3v) is 8.90. The van der Waals surface area contributed by atoms with Crippen molar-refractivity contribution < 1.29 is 22.7 Å². The van der Waals surface area contributed by atoms with E-state index < -0.39 is 16.0 Å². The zero-order valence-electron chi connectivity index (χ0n) is 19.0. The Kier molecular flexibility index (Phi) is 7.04. The summed E-state index contributed by atoms with van der Waals surface area (Å²) in [5, 5.41) is 0. The number of carbonyl (C=O) groups excluding carboxylic acids is 2. The van der Waals surface area contributed by atoms with E-state index >= 15 is 0 Å². The summed E-state index contributed by atoms with van der Waals surface area (Å²) < 4.78 is 33.7. The minimum atomic E-state index is -4.02. The van der Waals surface area contributed by atoms with Gasteiger partial charge < -0.3 is 9.64 Å². The van der Waals surface area contributed by atoms with Crippen molar-refractivity contribution in [2.24, 2.45) is 0 Å². The molecule has 0 atom stereocenters. The van der Waals surface area contributed by atoms with Crippen LogP contribution in [0.2, 0.25) is 0 Å². The molecule has 1 aromatic heterocycles. The molecule has 0 unspecified atom stereocenters. The molecule has 7 nitrogen and oxygen atoms in total. The van der Waals surface area contributed by atoms with E-state index in [-0.39, 0.29) is 22.2 Å². The van der Waals surface area contributed by atoms with Crippen molar-refractivity contribution in [3.8, 4) is 0 Å². The molecule has 0 saturated heterocycles. The van der Waals surface area contributed by atoms with Crippen LogP contribution in [0, 0.1) is 6.92 Å². The molecule has 0 saturated carbocycles. The third-order valence-electron chi connectivity index (χ3n) is 5.79. The summed E-state index contributed by atoms with van der Waals surface area (Å²) in [7, 11) is -2.78. The molecule has 0 radical (unpaired) electrons. The lowest BCUT2D eigenvalue weighted by atomic mass is 10.0. The molecule has 1 aliphatic rings. The monoisotopic (exact) mass is 498 g/mol. The van der Waals surface area contributed by atoms with E-state index in [0.29, 0.717) is 41.9 Å². The topological polar surface area (TPSA) is 92.8 Å².